The number of hydrogen-bond donors (Lipinski definition) is 0. The van der Waals surface area contributed by atoms with Crippen molar-refractivity contribution in [3.63, 3.8) is 0 Å². The normalized spacial score (nSPS) is 9.40. The first-order valence-corrected chi connectivity index (χ1v) is 5.07. The lowest BCUT2D eigenvalue weighted by Gasteiger charge is -2.16. The van der Waals surface area contributed by atoms with Gasteiger partial charge < -0.3 is 0 Å². The molecule has 0 aliphatic heterocycles. The van der Waals surface area contributed by atoms with Gasteiger partial charge in [0, 0.05) is 6.54 Å². The third-order valence-corrected chi connectivity index (χ3v) is 2.01. The van der Waals surface area contributed by atoms with E-state index in [1.807, 2.05) is 0 Å². The van der Waals surface area contributed by atoms with Crippen molar-refractivity contribution in [1.29, 1.82) is 0 Å². The van der Waals surface area contributed by atoms with Crippen molar-refractivity contribution in [3.05, 3.63) is 32.2 Å². The van der Waals surface area contributed by atoms with Crippen molar-refractivity contribution in [2.75, 3.05) is 6.54 Å². The Labute approximate surface area is 91.5 Å². The van der Waals surface area contributed by atoms with E-state index in [1.54, 1.807) is 0 Å². The van der Waals surface area contributed by atoms with Crippen LogP contribution in [-0.4, -0.2) is 23.3 Å². The van der Waals surface area contributed by atoms with Crippen molar-refractivity contribution >= 4 is 11.8 Å². The quantitative estimate of drug-likeness (QED) is 0.474. The van der Waals surface area contributed by atoms with E-state index in [4.69, 9.17) is 0 Å². The van der Waals surface area contributed by atoms with Crippen LogP contribution in [0.2, 0.25) is 0 Å². The van der Waals surface area contributed by atoms with Gasteiger partial charge >= 0.3 is 0 Å². The van der Waals surface area contributed by atoms with Gasteiger partial charge in [-0.15, -0.1) is 0 Å². The van der Waals surface area contributed by atoms with Crippen LogP contribution in [0.1, 0.15) is 25.7 Å². The van der Waals surface area contributed by atoms with Gasteiger partial charge in [0.05, 0.1) is 0 Å². The molecule has 0 bridgehead atoms. The summed E-state index contributed by atoms with van der Waals surface area (Å²) in [5.74, 6) is -0.732. The summed E-state index contributed by atoms with van der Waals surface area (Å²) < 4.78 is 0. The number of unbranched alkanes of at least 4 members (excludes halogenated alkanes) is 3. The highest BCUT2D eigenvalue weighted by molar-refractivity contribution is 6.04. The highest BCUT2D eigenvalue weighted by Crippen LogP contribution is 2.02. The maximum absolute atomic E-state index is 11.3. The number of imide groups is 1. The summed E-state index contributed by atoms with van der Waals surface area (Å²) in [6, 6.07) is 0. The highest BCUT2D eigenvalue weighted by atomic mass is 16.2. The summed E-state index contributed by atoms with van der Waals surface area (Å²) in [5, 5.41) is 0. The lowest BCUT2D eigenvalue weighted by atomic mass is 10.2. The zero-order valence-electron chi connectivity index (χ0n) is 9.08. The molecular weight excluding hydrogens is 190 g/mol. The lowest BCUT2D eigenvalue weighted by molar-refractivity contribution is -0.138. The van der Waals surface area contributed by atoms with E-state index in [1.165, 1.54) is 0 Å². The summed E-state index contributed by atoms with van der Waals surface area (Å²) >= 11 is 0. The minimum atomic E-state index is -0.366. The second kappa shape index (κ2) is 7.97. The minimum Gasteiger partial charge on any atom is -0.275 e. The van der Waals surface area contributed by atoms with E-state index < -0.39 is 0 Å². The topological polar surface area (TPSA) is 37.4 Å². The number of hydrogen-bond acceptors (Lipinski definition) is 2. The van der Waals surface area contributed by atoms with Gasteiger partial charge in [-0.25, -0.2) is 0 Å². The average molecular weight is 208 g/mol. The smallest absolute Gasteiger partial charge is 0.252 e. The van der Waals surface area contributed by atoms with E-state index >= 15 is 0 Å². The van der Waals surface area contributed by atoms with Crippen LogP contribution in [0.25, 0.3) is 0 Å². The molecule has 0 aliphatic rings. The van der Waals surface area contributed by atoms with Crippen LogP contribution in [-0.2, 0) is 9.59 Å². The van der Waals surface area contributed by atoms with Gasteiger partial charge in [0.1, 0.15) is 0 Å². The largest absolute Gasteiger partial charge is 0.275 e. The Hall–Kier alpha value is -1.38. The maximum atomic E-state index is 11.3. The molecular formula is C12H18NO2. The van der Waals surface area contributed by atoms with E-state index in [9.17, 15) is 9.59 Å². The molecule has 0 atom stereocenters. The molecule has 83 valence electrons. The monoisotopic (exact) mass is 208 g/mol. The SMILES string of the molecule is [CH2]CCCCCN(C(=O)C=C)C(=O)C=C. The molecule has 0 heterocycles. The Bertz CT molecular complexity index is 226. The van der Waals surface area contributed by atoms with Gasteiger partial charge in [-0.2, -0.15) is 0 Å². The van der Waals surface area contributed by atoms with Crippen LogP contribution < -0.4 is 0 Å². The third kappa shape index (κ3) is 5.15. The highest BCUT2D eigenvalue weighted by Gasteiger charge is 2.15. The fourth-order valence-corrected chi connectivity index (χ4v) is 1.17. The summed E-state index contributed by atoms with van der Waals surface area (Å²) in [6.45, 7) is 10.9. The third-order valence-electron chi connectivity index (χ3n) is 2.01. The molecule has 0 N–H and O–H groups in total. The van der Waals surface area contributed by atoms with Crippen LogP contribution in [0.4, 0.5) is 0 Å². The molecule has 0 rings (SSSR count). The van der Waals surface area contributed by atoms with E-state index in [-0.39, 0.29) is 11.8 Å². The van der Waals surface area contributed by atoms with Crippen molar-refractivity contribution in [2.45, 2.75) is 25.7 Å². The Balaban J connectivity index is 4.13. The molecule has 0 saturated heterocycles. The molecule has 15 heavy (non-hydrogen) atoms. The van der Waals surface area contributed by atoms with E-state index in [0.717, 1.165) is 42.7 Å². The minimum absolute atomic E-state index is 0.366. The van der Waals surface area contributed by atoms with Gasteiger partial charge in [-0.05, 0) is 18.6 Å². The Morgan fingerprint density at radius 3 is 1.93 bits per heavy atom. The average Bonchev–Trinajstić information content (AvgIpc) is 2.27. The van der Waals surface area contributed by atoms with Crippen molar-refractivity contribution < 1.29 is 9.59 Å². The van der Waals surface area contributed by atoms with Gasteiger partial charge in [0.25, 0.3) is 11.8 Å². The number of carbonyl (C=O) groups excluding carboxylic acids is 2. The van der Waals surface area contributed by atoms with Crippen molar-refractivity contribution in [2.24, 2.45) is 0 Å². The number of amides is 2. The molecule has 0 aliphatic carbocycles. The zero-order chi connectivity index (χ0) is 11.7. The van der Waals surface area contributed by atoms with Crippen molar-refractivity contribution in [3.8, 4) is 0 Å². The standard InChI is InChI=1S/C12H18NO2/c1-4-7-8-9-10-13(11(14)5-2)12(15)6-3/h5-6H,1-4,7-10H2. The van der Waals surface area contributed by atoms with E-state index in [2.05, 4.69) is 20.1 Å². The van der Waals surface area contributed by atoms with Gasteiger partial charge in [-0.1, -0.05) is 39.3 Å². The first kappa shape index (κ1) is 13.6. The van der Waals surface area contributed by atoms with E-state index in [0.29, 0.717) is 6.54 Å². The molecule has 0 unspecified atom stereocenters. The Morgan fingerprint density at radius 2 is 1.53 bits per heavy atom. The van der Waals surface area contributed by atoms with Gasteiger partial charge in [0.15, 0.2) is 0 Å². The Morgan fingerprint density at radius 1 is 1.00 bits per heavy atom. The molecule has 3 heteroatoms. The second-order valence-electron chi connectivity index (χ2n) is 3.15. The van der Waals surface area contributed by atoms with Crippen LogP contribution in [0, 0.1) is 6.92 Å². The molecule has 0 aromatic rings. The number of rotatable bonds is 7. The van der Waals surface area contributed by atoms with Crippen LogP contribution in [0.5, 0.6) is 0 Å². The predicted molar refractivity (Wildman–Crippen MR) is 60.9 cm³/mol. The molecule has 0 aromatic carbocycles. The first-order valence-electron chi connectivity index (χ1n) is 5.07. The number of nitrogens with zero attached hydrogens (tertiary/aromatic N) is 1. The number of carbonyl (C=O) groups is 2. The fraction of sp³-hybridized carbons (Fsp3) is 0.417. The molecule has 3 nitrogen and oxygen atoms in total. The summed E-state index contributed by atoms with van der Waals surface area (Å²) in [7, 11) is 0. The molecule has 0 spiro atoms. The Kier molecular flexibility index (Phi) is 7.24. The molecule has 0 aromatic heterocycles. The summed E-state index contributed by atoms with van der Waals surface area (Å²) in [5.41, 5.74) is 0. The predicted octanol–water partition coefficient (Wildman–Crippen LogP) is 2.11. The summed E-state index contributed by atoms with van der Waals surface area (Å²) in [6.07, 6.45) is 5.94. The summed E-state index contributed by atoms with van der Waals surface area (Å²) in [4.78, 5) is 23.8. The maximum Gasteiger partial charge on any atom is 0.252 e. The molecule has 1 radical (unpaired) electrons. The van der Waals surface area contributed by atoms with Crippen molar-refractivity contribution in [1.82, 2.24) is 4.90 Å². The lowest BCUT2D eigenvalue weighted by Crippen LogP contribution is -2.35. The van der Waals surface area contributed by atoms with Gasteiger partial charge in [-0.3, -0.25) is 14.5 Å². The fourth-order valence-electron chi connectivity index (χ4n) is 1.17. The zero-order valence-corrected chi connectivity index (χ0v) is 9.08. The van der Waals surface area contributed by atoms with Gasteiger partial charge in [0.2, 0.25) is 0 Å². The van der Waals surface area contributed by atoms with Crippen LogP contribution in [0.15, 0.2) is 25.3 Å². The molecule has 0 fully saturated rings. The van der Waals surface area contributed by atoms with Crippen LogP contribution >= 0.6 is 0 Å². The van der Waals surface area contributed by atoms with Crippen LogP contribution in [0.3, 0.4) is 0 Å². The second-order valence-corrected chi connectivity index (χ2v) is 3.15. The molecule has 0 saturated carbocycles. The first-order chi connectivity index (χ1) is 7.17. The molecule has 2 amide bonds.